The first kappa shape index (κ1) is 54.5. The molecule has 0 saturated carbocycles. The molecule has 0 heterocycles. The number of carbonyl (C=O) groups is 1. The summed E-state index contributed by atoms with van der Waals surface area (Å²) >= 11 is 0. The summed E-state index contributed by atoms with van der Waals surface area (Å²) < 4.78 is 23.6. The van der Waals surface area contributed by atoms with Crippen molar-refractivity contribution in [2.45, 2.75) is 206 Å². The molecule has 9 heteroatoms. The van der Waals surface area contributed by atoms with Crippen molar-refractivity contribution in [3.05, 3.63) is 48.6 Å². The number of nitrogens with one attached hydrogen (secondary N) is 1. The summed E-state index contributed by atoms with van der Waals surface area (Å²) in [6, 6.07) is -0.799. The number of allylic oxidation sites excluding steroid dienone is 8. The third-order valence-electron chi connectivity index (χ3n) is 10.1. The number of phosphoric ester groups is 1. The zero-order valence-corrected chi connectivity index (χ0v) is 38.0. The molecule has 0 fully saturated rings. The lowest BCUT2D eigenvalue weighted by atomic mass is 10.0. The van der Waals surface area contributed by atoms with Gasteiger partial charge in [-0.15, -0.1) is 0 Å². The quantitative estimate of drug-likeness (QED) is 0.0246. The van der Waals surface area contributed by atoms with Crippen LogP contribution in [0.1, 0.15) is 194 Å². The van der Waals surface area contributed by atoms with Gasteiger partial charge in [0, 0.05) is 6.42 Å². The number of aliphatic hydroxyl groups excluding tert-OH is 1. The molecule has 328 valence electrons. The predicted octanol–water partition coefficient (Wildman–Crippen LogP) is 12.9. The van der Waals surface area contributed by atoms with Crippen LogP contribution in [0, 0.1) is 0 Å². The molecule has 3 N–H and O–H groups in total. The third kappa shape index (κ3) is 40.6. The molecular formula is C47H90N2O6P+. The van der Waals surface area contributed by atoms with Crippen LogP contribution in [0.5, 0.6) is 0 Å². The van der Waals surface area contributed by atoms with Gasteiger partial charge in [0.15, 0.2) is 0 Å². The zero-order chi connectivity index (χ0) is 41.4. The molecule has 0 bridgehead atoms. The van der Waals surface area contributed by atoms with Crippen molar-refractivity contribution in [2.75, 3.05) is 40.9 Å². The Hall–Kier alpha value is -1.54. The van der Waals surface area contributed by atoms with Crippen LogP contribution in [-0.2, 0) is 18.4 Å². The van der Waals surface area contributed by atoms with Gasteiger partial charge in [0.1, 0.15) is 13.2 Å². The maximum absolute atomic E-state index is 12.8. The van der Waals surface area contributed by atoms with E-state index in [2.05, 4.69) is 55.6 Å². The van der Waals surface area contributed by atoms with Gasteiger partial charge in [-0.2, -0.15) is 0 Å². The average Bonchev–Trinajstić information content (AvgIpc) is 3.15. The zero-order valence-electron chi connectivity index (χ0n) is 37.1. The van der Waals surface area contributed by atoms with Crippen molar-refractivity contribution in [3.63, 3.8) is 0 Å². The molecule has 0 aromatic heterocycles. The fourth-order valence-electron chi connectivity index (χ4n) is 6.47. The van der Waals surface area contributed by atoms with Crippen LogP contribution < -0.4 is 5.32 Å². The number of rotatable bonds is 41. The van der Waals surface area contributed by atoms with E-state index in [0.717, 1.165) is 44.9 Å². The number of carbonyl (C=O) groups excluding carboxylic acids is 1. The fourth-order valence-corrected chi connectivity index (χ4v) is 7.20. The molecule has 3 atom stereocenters. The van der Waals surface area contributed by atoms with E-state index in [1.165, 1.54) is 116 Å². The van der Waals surface area contributed by atoms with E-state index < -0.39 is 20.0 Å². The average molecular weight is 810 g/mol. The first-order valence-corrected chi connectivity index (χ1v) is 24.5. The van der Waals surface area contributed by atoms with Gasteiger partial charge >= 0.3 is 7.82 Å². The minimum atomic E-state index is -4.33. The molecule has 0 aliphatic heterocycles. The summed E-state index contributed by atoms with van der Waals surface area (Å²) in [5.74, 6) is -0.224. The predicted molar refractivity (Wildman–Crippen MR) is 240 cm³/mol. The van der Waals surface area contributed by atoms with E-state index >= 15 is 0 Å². The largest absolute Gasteiger partial charge is 0.472 e. The van der Waals surface area contributed by atoms with Crippen molar-refractivity contribution in [3.8, 4) is 0 Å². The highest BCUT2D eigenvalue weighted by molar-refractivity contribution is 7.47. The first-order chi connectivity index (χ1) is 27.0. The number of amides is 1. The number of unbranched alkanes of at least 4 members (excludes halogenated alkanes) is 20. The number of hydrogen-bond acceptors (Lipinski definition) is 5. The van der Waals surface area contributed by atoms with Gasteiger partial charge in [-0.3, -0.25) is 13.8 Å². The first-order valence-electron chi connectivity index (χ1n) is 23.0. The maximum atomic E-state index is 12.8. The van der Waals surface area contributed by atoms with Gasteiger partial charge in [-0.1, -0.05) is 197 Å². The van der Waals surface area contributed by atoms with E-state index in [0.29, 0.717) is 23.9 Å². The molecule has 0 radical (unpaired) electrons. The highest BCUT2D eigenvalue weighted by Gasteiger charge is 2.28. The number of hydrogen-bond donors (Lipinski definition) is 3. The van der Waals surface area contributed by atoms with Gasteiger partial charge in [-0.05, 0) is 38.5 Å². The summed E-state index contributed by atoms with van der Waals surface area (Å²) in [5.41, 5.74) is 0. The maximum Gasteiger partial charge on any atom is 0.472 e. The van der Waals surface area contributed by atoms with Crippen molar-refractivity contribution in [1.29, 1.82) is 0 Å². The van der Waals surface area contributed by atoms with E-state index in [1.54, 1.807) is 0 Å². The second-order valence-corrected chi connectivity index (χ2v) is 18.2. The molecule has 56 heavy (non-hydrogen) atoms. The van der Waals surface area contributed by atoms with Crippen LogP contribution >= 0.6 is 7.82 Å². The van der Waals surface area contributed by atoms with Gasteiger partial charge in [0.25, 0.3) is 0 Å². The monoisotopic (exact) mass is 810 g/mol. The summed E-state index contributed by atoms with van der Waals surface area (Å²) in [5, 5.41) is 13.9. The number of nitrogens with zero attached hydrogens (tertiary/aromatic N) is 1. The topological polar surface area (TPSA) is 105 Å². The van der Waals surface area contributed by atoms with Gasteiger partial charge in [0.05, 0.1) is 39.9 Å². The van der Waals surface area contributed by atoms with Crippen LogP contribution in [0.3, 0.4) is 0 Å². The SMILES string of the molecule is CC/C=C\C/C=C\C/C=C\C/C=C\CCC(=O)NC(COP(=O)(O)OCC[N+](C)(C)C)C(O)CCCCCCCCCCCCCCCCCCCCCCC. The van der Waals surface area contributed by atoms with Gasteiger partial charge in [0.2, 0.25) is 5.91 Å². The minimum Gasteiger partial charge on any atom is -0.391 e. The van der Waals surface area contributed by atoms with E-state index in [4.69, 9.17) is 9.05 Å². The molecule has 0 spiro atoms. The Balaban J connectivity index is 4.36. The van der Waals surface area contributed by atoms with Crippen LogP contribution in [0.2, 0.25) is 0 Å². The Labute approximate surface area is 346 Å². The molecule has 0 aliphatic carbocycles. The molecule has 8 nitrogen and oxygen atoms in total. The number of phosphoric acid groups is 1. The van der Waals surface area contributed by atoms with Gasteiger partial charge in [-0.25, -0.2) is 4.57 Å². The second kappa shape index (κ2) is 38.9. The molecule has 0 aromatic carbocycles. The summed E-state index contributed by atoms with van der Waals surface area (Å²) in [6.07, 6.45) is 48.8. The van der Waals surface area contributed by atoms with Gasteiger partial charge < -0.3 is 19.8 Å². The Kier molecular flexibility index (Phi) is 37.9. The molecule has 0 saturated heterocycles. The molecule has 0 aromatic rings. The smallest absolute Gasteiger partial charge is 0.391 e. The fraction of sp³-hybridized carbons (Fsp3) is 0.809. The van der Waals surface area contributed by atoms with Crippen molar-refractivity contribution in [1.82, 2.24) is 5.32 Å². The van der Waals surface area contributed by atoms with E-state index in [-0.39, 0.29) is 25.5 Å². The molecule has 0 rings (SSSR count). The molecule has 0 aliphatic rings. The number of quaternary nitrogens is 1. The summed E-state index contributed by atoms with van der Waals surface area (Å²) in [4.78, 5) is 23.1. The van der Waals surface area contributed by atoms with Crippen molar-refractivity contribution >= 4 is 13.7 Å². The second-order valence-electron chi connectivity index (χ2n) is 16.8. The van der Waals surface area contributed by atoms with Crippen molar-refractivity contribution in [2.24, 2.45) is 0 Å². The molecule has 3 unspecified atom stereocenters. The lowest BCUT2D eigenvalue weighted by Crippen LogP contribution is -2.46. The van der Waals surface area contributed by atoms with Crippen LogP contribution in [0.15, 0.2) is 48.6 Å². The van der Waals surface area contributed by atoms with E-state index in [1.807, 2.05) is 33.3 Å². The Morgan fingerprint density at radius 2 is 1.04 bits per heavy atom. The highest BCUT2D eigenvalue weighted by atomic mass is 31.2. The molecule has 1 amide bonds. The standard InChI is InChI=1S/C47H89N2O6P/c1-6-8-10-12-14-16-18-20-21-22-23-24-25-26-27-29-30-32-34-36-38-40-46(50)45(44-55-56(52,53)54-43-42-49(3,4)5)48-47(51)41-39-37-35-33-31-28-19-17-15-13-11-9-7-2/h9,11,15,17,28,31,35,37,45-46,50H,6-8,10,12-14,16,18-27,29-30,32-34,36,38-44H2,1-5H3,(H-,48,51,52,53)/p+1/b11-9-,17-15-,31-28-,37-35-. The Morgan fingerprint density at radius 1 is 0.625 bits per heavy atom. The van der Waals surface area contributed by atoms with Crippen LogP contribution in [0.25, 0.3) is 0 Å². The third-order valence-corrected chi connectivity index (χ3v) is 11.1. The van der Waals surface area contributed by atoms with E-state index in [9.17, 15) is 19.4 Å². The number of aliphatic hydroxyl groups is 1. The minimum absolute atomic E-state index is 0.0607. The number of likely N-dealkylation sites (N-methyl/N-ethyl adjacent to an activating group) is 1. The summed E-state index contributed by atoms with van der Waals surface area (Å²) in [7, 11) is 1.57. The van der Waals surface area contributed by atoms with Crippen LogP contribution in [0.4, 0.5) is 0 Å². The lowest BCUT2D eigenvalue weighted by molar-refractivity contribution is -0.870. The van der Waals surface area contributed by atoms with Crippen molar-refractivity contribution < 1.29 is 32.9 Å². The Bertz CT molecular complexity index is 1050. The lowest BCUT2D eigenvalue weighted by Gasteiger charge is -2.26. The van der Waals surface area contributed by atoms with Crippen LogP contribution in [-0.4, -0.2) is 73.4 Å². The summed E-state index contributed by atoms with van der Waals surface area (Å²) in [6.45, 7) is 4.71. The molecular weight excluding hydrogens is 719 g/mol. The normalized spacial score (nSPS) is 14.8. The Morgan fingerprint density at radius 3 is 1.46 bits per heavy atom. The highest BCUT2D eigenvalue weighted by Crippen LogP contribution is 2.43.